The van der Waals surface area contributed by atoms with Crippen LogP contribution in [0.25, 0.3) is 0 Å². The molecule has 0 aliphatic heterocycles. The summed E-state index contributed by atoms with van der Waals surface area (Å²) in [4.78, 5) is 3.14. The highest BCUT2D eigenvalue weighted by Crippen LogP contribution is 2.05. The van der Waals surface area contributed by atoms with Crippen molar-refractivity contribution in [2.24, 2.45) is 11.7 Å². The minimum absolute atomic E-state index is 0.641. The minimum Gasteiger partial charge on any atom is -0.393 e. The van der Waals surface area contributed by atoms with Crippen LogP contribution in [0.15, 0.2) is 0 Å². The summed E-state index contributed by atoms with van der Waals surface area (Å²) in [6.07, 6.45) is 6.16. The van der Waals surface area contributed by atoms with E-state index in [2.05, 4.69) is 25.7 Å². The Morgan fingerprint density at radius 1 is 1.19 bits per heavy atom. The minimum atomic E-state index is 0.641. The quantitative estimate of drug-likeness (QED) is 0.473. The molecular weight excluding hydrogens is 216 g/mol. The molecule has 0 aliphatic carbocycles. The molecule has 0 aromatic heterocycles. The van der Waals surface area contributed by atoms with Gasteiger partial charge in [-0.2, -0.15) is 0 Å². The maximum absolute atomic E-state index is 5.55. The summed E-state index contributed by atoms with van der Waals surface area (Å²) in [6.45, 7) is 10.2. The van der Waals surface area contributed by atoms with E-state index in [-0.39, 0.29) is 0 Å². The van der Waals surface area contributed by atoms with Gasteiger partial charge in [0.2, 0.25) is 0 Å². The highest BCUT2D eigenvalue weighted by atomic mass is 32.1. The number of rotatable bonds is 10. The standard InChI is InChI=1S/C13H28N2S/c1-4-5-6-7-9-15(11-12(2)3)10-8-13(14)16/h12H,4-11H2,1-3H3,(H2,14,16). The van der Waals surface area contributed by atoms with Crippen molar-refractivity contribution >= 4 is 17.2 Å². The first kappa shape index (κ1) is 15.9. The highest BCUT2D eigenvalue weighted by Gasteiger charge is 2.07. The number of nitrogens with zero attached hydrogens (tertiary/aromatic N) is 1. The van der Waals surface area contributed by atoms with E-state index in [0.29, 0.717) is 4.99 Å². The molecule has 0 spiro atoms. The smallest absolute Gasteiger partial charge is 0.0740 e. The van der Waals surface area contributed by atoms with Gasteiger partial charge in [-0.3, -0.25) is 0 Å². The van der Waals surface area contributed by atoms with Gasteiger partial charge in [-0.05, 0) is 18.9 Å². The Bertz CT molecular complexity index is 181. The summed E-state index contributed by atoms with van der Waals surface area (Å²) in [6, 6.07) is 0. The number of thiocarbonyl (C=S) groups is 1. The lowest BCUT2D eigenvalue weighted by Gasteiger charge is -2.24. The molecule has 2 N–H and O–H groups in total. The maximum atomic E-state index is 5.55. The lowest BCUT2D eigenvalue weighted by Crippen LogP contribution is -2.32. The largest absolute Gasteiger partial charge is 0.393 e. The third kappa shape index (κ3) is 10.4. The van der Waals surface area contributed by atoms with E-state index < -0.39 is 0 Å². The average molecular weight is 244 g/mol. The van der Waals surface area contributed by atoms with Crippen LogP contribution in [0.2, 0.25) is 0 Å². The Hall–Kier alpha value is -0.150. The predicted octanol–water partition coefficient (Wildman–Crippen LogP) is 3.20. The number of nitrogens with two attached hydrogens (primary N) is 1. The Labute approximate surface area is 107 Å². The van der Waals surface area contributed by atoms with Crippen LogP contribution in [0, 0.1) is 5.92 Å². The second-order valence-corrected chi connectivity index (χ2v) is 5.50. The Morgan fingerprint density at radius 2 is 1.88 bits per heavy atom. The second-order valence-electron chi connectivity index (χ2n) is 4.97. The van der Waals surface area contributed by atoms with Crippen molar-refractivity contribution in [1.82, 2.24) is 4.90 Å². The summed E-state index contributed by atoms with van der Waals surface area (Å²) in [5.74, 6) is 0.720. The van der Waals surface area contributed by atoms with E-state index in [1.165, 1.54) is 32.2 Å². The normalized spacial score (nSPS) is 11.3. The van der Waals surface area contributed by atoms with Crippen LogP contribution in [-0.2, 0) is 0 Å². The van der Waals surface area contributed by atoms with Gasteiger partial charge in [-0.1, -0.05) is 52.3 Å². The van der Waals surface area contributed by atoms with Gasteiger partial charge in [-0.25, -0.2) is 0 Å². The van der Waals surface area contributed by atoms with Gasteiger partial charge in [0.1, 0.15) is 0 Å². The van der Waals surface area contributed by atoms with E-state index in [0.717, 1.165) is 25.4 Å². The van der Waals surface area contributed by atoms with Crippen molar-refractivity contribution in [1.29, 1.82) is 0 Å². The van der Waals surface area contributed by atoms with Crippen LogP contribution in [0.1, 0.15) is 52.9 Å². The topological polar surface area (TPSA) is 29.3 Å². The monoisotopic (exact) mass is 244 g/mol. The zero-order valence-electron chi connectivity index (χ0n) is 11.2. The summed E-state index contributed by atoms with van der Waals surface area (Å²) >= 11 is 4.93. The highest BCUT2D eigenvalue weighted by molar-refractivity contribution is 7.80. The molecule has 0 radical (unpaired) electrons. The molecule has 0 saturated heterocycles. The van der Waals surface area contributed by atoms with E-state index in [4.69, 9.17) is 18.0 Å². The van der Waals surface area contributed by atoms with Crippen molar-refractivity contribution in [3.05, 3.63) is 0 Å². The van der Waals surface area contributed by atoms with Crippen molar-refractivity contribution in [3.8, 4) is 0 Å². The molecule has 0 rings (SSSR count). The molecule has 0 saturated carbocycles. The first-order valence-corrected chi connectivity index (χ1v) is 6.97. The number of hydrogen-bond acceptors (Lipinski definition) is 2. The third-order valence-electron chi connectivity index (χ3n) is 2.63. The SMILES string of the molecule is CCCCCCN(CCC(N)=S)CC(C)C. The first-order chi connectivity index (χ1) is 7.56. The van der Waals surface area contributed by atoms with Gasteiger partial charge in [0.05, 0.1) is 4.99 Å². The second kappa shape index (κ2) is 10.0. The fourth-order valence-corrected chi connectivity index (χ4v) is 1.93. The molecule has 0 aliphatic rings. The molecule has 3 heteroatoms. The van der Waals surface area contributed by atoms with Gasteiger partial charge in [-0.15, -0.1) is 0 Å². The van der Waals surface area contributed by atoms with Crippen LogP contribution in [0.4, 0.5) is 0 Å². The van der Waals surface area contributed by atoms with Gasteiger partial charge >= 0.3 is 0 Å². The zero-order chi connectivity index (χ0) is 12.4. The van der Waals surface area contributed by atoms with E-state index in [1.807, 2.05) is 0 Å². The number of unbranched alkanes of at least 4 members (excludes halogenated alkanes) is 3. The Kier molecular flexibility index (Phi) is 9.94. The lowest BCUT2D eigenvalue weighted by atomic mass is 10.1. The Balaban J connectivity index is 3.76. The van der Waals surface area contributed by atoms with Crippen LogP contribution in [0.3, 0.4) is 0 Å². The van der Waals surface area contributed by atoms with Crippen molar-refractivity contribution in [2.75, 3.05) is 19.6 Å². The van der Waals surface area contributed by atoms with Crippen LogP contribution >= 0.6 is 12.2 Å². The fraction of sp³-hybridized carbons (Fsp3) is 0.923. The fourth-order valence-electron chi connectivity index (χ4n) is 1.84. The van der Waals surface area contributed by atoms with Crippen LogP contribution < -0.4 is 5.73 Å². The van der Waals surface area contributed by atoms with Gasteiger partial charge in [0, 0.05) is 19.5 Å². The van der Waals surface area contributed by atoms with Crippen molar-refractivity contribution in [2.45, 2.75) is 52.9 Å². The van der Waals surface area contributed by atoms with Crippen LogP contribution in [-0.4, -0.2) is 29.5 Å². The number of hydrogen-bond donors (Lipinski definition) is 1. The molecular formula is C13H28N2S. The van der Waals surface area contributed by atoms with Crippen molar-refractivity contribution < 1.29 is 0 Å². The van der Waals surface area contributed by atoms with Gasteiger partial charge in [0.25, 0.3) is 0 Å². The van der Waals surface area contributed by atoms with Gasteiger partial charge < -0.3 is 10.6 Å². The molecule has 0 aromatic rings. The molecule has 0 fully saturated rings. The van der Waals surface area contributed by atoms with E-state index >= 15 is 0 Å². The molecule has 0 bridgehead atoms. The summed E-state index contributed by atoms with van der Waals surface area (Å²) < 4.78 is 0. The van der Waals surface area contributed by atoms with E-state index in [9.17, 15) is 0 Å². The molecule has 96 valence electrons. The predicted molar refractivity (Wildman–Crippen MR) is 76.8 cm³/mol. The van der Waals surface area contributed by atoms with E-state index in [1.54, 1.807) is 0 Å². The lowest BCUT2D eigenvalue weighted by molar-refractivity contribution is 0.245. The first-order valence-electron chi connectivity index (χ1n) is 6.57. The maximum Gasteiger partial charge on any atom is 0.0740 e. The zero-order valence-corrected chi connectivity index (χ0v) is 12.0. The molecule has 0 unspecified atom stereocenters. The molecule has 2 nitrogen and oxygen atoms in total. The molecule has 0 aromatic carbocycles. The molecule has 0 amide bonds. The molecule has 16 heavy (non-hydrogen) atoms. The molecule has 0 heterocycles. The Morgan fingerprint density at radius 3 is 2.38 bits per heavy atom. The van der Waals surface area contributed by atoms with Crippen molar-refractivity contribution in [3.63, 3.8) is 0 Å². The average Bonchev–Trinajstić information content (AvgIpc) is 2.19. The summed E-state index contributed by atoms with van der Waals surface area (Å²) in [7, 11) is 0. The van der Waals surface area contributed by atoms with Crippen LogP contribution in [0.5, 0.6) is 0 Å². The van der Waals surface area contributed by atoms with Gasteiger partial charge in [0.15, 0.2) is 0 Å². The molecule has 0 atom stereocenters. The third-order valence-corrected chi connectivity index (χ3v) is 2.83. The summed E-state index contributed by atoms with van der Waals surface area (Å²) in [5.41, 5.74) is 5.55. The summed E-state index contributed by atoms with van der Waals surface area (Å²) in [5, 5.41) is 0.